The standard InChI is InChI=1S/C17H26N2O3/c1-12-5-3-7-15(13(12)2)19-17(21)9-8-16(20)18-11-14-6-4-10-22-14/h4,6,10,12-13,15H,3,5,7-9,11H2,1-2H3,(H,18,20)(H,19,21)/t12-,13+,15+/m0/s1. The molecule has 1 heterocycles. The van der Waals surface area contributed by atoms with Gasteiger partial charge >= 0.3 is 0 Å². The molecule has 22 heavy (non-hydrogen) atoms. The second-order valence-electron chi connectivity index (χ2n) is 6.30. The average molecular weight is 306 g/mol. The lowest BCUT2D eigenvalue weighted by Gasteiger charge is -2.34. The number of carbonyl (C=O) groups is 2. The first-order valence-corrected chi connectivity index (χ1v) is 8.14. The number of hydrogen-bond donors (Lipinski definition) is 2. The Morgan fingerprint density at radius 2 is 2.00 bits per heavy atom. The van der Waals surface area contributed by atoms with E-state index < -0.39 is 0 Å². The van der Waals surface area contributed by atoms with Gasteiger partial charge < -0.3 is 15.1 Å². The van der Waals surface area contributed by atoms with E-state index in [0.29, 0.717) is 24.1 Å². The van der Waals surface area contributed by atoms with Crippen LogP contribution in [0.25, 0.3) is 0 Å². The molecule has 1 aliphatic rings. The van der Waals surface area contributed by atoms with Crippen LogP contribution in [0.1, 0.15) is 51.7 Å². The molecule has 0 bridgehead atoms. The van der Waals surface area contributed by atoms with Crippen molar-refractivity contribution in [2.45, 2.75) is 58.5 Å². The fraction of sp³-hybridized carbons (Fsp3) is 0.647. The largest absolute Gasteiger partial charge is 0.467 e. The first-order chi connectivity index (χ1) is 10.6. The van der Waals surface area contributed by atoms with Gasteiger partial charge in [-0.15, -0.1) is 0 Å². The van der Waals surface area contributed by atoms with E-state index in [2.05, 4.69) is 24.5 Å². The zero-order valence-electron chi connectivity index (χ0n) is 13.4. The van der Waals surface area contributed by atoms with Crippen LogP contribution in [0.15, 0.2) is 22.8 Å². The highest BCUT2D eigenvalue weighted by Gasteiger charge is 2.28. The molecule has 0 unspecified atom stereocenters. The summed E-state index contributed by atoms with van der Waals surface area (Å²) in [7, 11) is 0. The van der Waals surface area contributed by atoms with Crippen LogP contribution in [0.3, 0.4) is 0 Å². The Morgan fingerprint density at radius 3 is 2.73 bits per heavy atom. The minimum absolute atomic E-state index is 0.0286. The van der Waals surface area contributed by atoms with Gasteiger partial charge in [-0.25, -0.2) is 0 Å². The first kappa shape index (κ1) is 16.6. The Balaban J connectivity index is 1.65. The highest BCUT2D eigenvalue weighted by Crippen LogP contribution is 2.29. The molecule has 2 rings (SSSR count). The Labute approximate surface area is 131 Å². The molecule has 1 aromatic heterocycles. The van der Waals surface area contributed by atoms with E-state index in [1.165, 1.54) is 12.8 Å². The van der Waals surface area contributed by atoms with E-state index in [1.807, 2.05) is 0 Å². The Morgan fingerprint density at radius 1 is 1.23 bits per heavy atom. The number of rotatable bonds is 6. The third-order valence-corrected chi connectivity index (χ3v) is 4.67. The minimum Gasteiger partial charge on any atom is -0.467 e. The van der Waals surface area contributed by atoms with Crippen LogP contribution in [0.4, 0.5) is 0 Å². The second-order valence-corrected chi connectivity index (χ2v) is 6.30. The summed E-state index contributed by atoms with van der Waals surface area (Å²) in [4.78, 5) is 23.7. The average Bonchev–Trinajstić information content (AvgIpc) is 3.01. The molecule has 5 heteroatoms. The summed E-state index contributed by atoms with van der Waals surface area (Å²) in [5, 5.41) is 5.83. The van der Waals surface area contributed by atoms with Crippen molar-refractivity contribution in [2.24, 2.45) is 11.8 Å². The van der Waals surface area contributed by atoms with Crippen molar-refractivity contribution in [1.29, 1.82) is 0 Å². The van der Waals surface area contributed by atoms with Crippen molar-refractivity contribution in [2.75, 3.05) is 0 Å². The van der Waals surface area contributed by atoms with Crippen molar-refractivity contribution in [3.63, 3.8) is 0 Å². The summed E-state index contributed by atoms with van der Waals surface area (Å²) < 4.78 is 5.14. The number of hydrogen-bond acceptors (Lipinski definition) is 3. The molecule has 2 N–H and O–H groups in total. The lowest BCUT2D eigenvalue weighted by Crippen LogP contribution is -2.43. The topological polar surface area (TPSA) is 71.3 Å². The number of amides is 2. The van der Waals surface area contributed by atoms with Crippen molar-refractivity contribution < 1.29 is 14.0 Å². The maximum atomic E-state index is 12.0. The molecule has 0 radical (unpaired) electrons. The van der Waals surface area contributed by atoms with E-state index in [9.17, 15) is 9.59 Å². The van der Waals surface area contributed by atoms with E-state index in [0.717, 1.165) is 6.42 Å². The molecule has 1 aliphatic carbocycles. The Kier molecular flexibility index (Phi) is 6.04. The van der Waals surface area contributed by atoms with E-state index >= 15 is 0 Å². The second kappa shape index (κ2) is 8.01. The summed E-state index contributed by atoms with van der Waals surface area (Å²) in [6.07, 6.45) is 5.47. The predicted molar refractivity (Wildman–Crippen MR) is 83.9 cm³/mol. The van der Waals surface area contributed by atoms with Gasteiger partial charge in [0.2, 0.25) is 11.8 Å². The zero-order valence-corrected chi connectivity index (χ0v) is 13.4. The highest BCUT2D eigenvalue weighted by atomic mass is 16.3. The summed E-state index contributed by atoms with van der Waals surface area (Å²) >= 11 is 0. The quantitative estimate of drug-likeness (QED) is 0.848. The number of nitrogens with one attached hydrogen (secondary N) is 2. The summed E-state index contributed by atoms with van der Waals surface area (Å²) in [5.74, 6) is 1.71. The number of carbonyl (C=O) groups excluding carboxylic acids is 2. The maximum absolute atomic E-state index is 12.0. The van der Waals surface area contributed by atoms with Gasteiger partial charge in [0.15, 0.2) is 0 Å². The van der Waals surface area contributed by atoms with Crippen molar-refractivity contribution >= 4 is 11.8 Å². The third kappa shape index (κ3) is 4.90. The van der Waals surface area contributed by atoms with Crippen molar-refractivity contribution in [3.8, 4) is 0 Å². The summed E-state index contributed by atoms with van der Waals surface area (Å²) in [6, 6.07) is 3.84. The molecular formula is C17H26N2O3. The molecule has 5 nitrogen and oxygen atoms in total. The third-order valence-electron chi connectivity index (χ3n) is 4.67. The lowest BCUT2D eigenvalue weighted by atomic mass is 9.78. The van der Waals surface area contributed by atoms with Gasteiger partial charge in [0.05, 0.1) is 12.8 Å². The van der Waals surface area contributed by atoms with Crippen LogP contribution < -0.4 is 10.6 Å². The fourth-order valence-corrected chi connectivity index (χ4v) is 2.98. The molecule has 1 aromatic rings. The number of furan rings is 1. The zero-order chi connectivity index (χ0) is 15.9. The molecule has 122 valence electrons. The van der Waals surface area contributed by atoms with Crippen LogP contribution in [0.2, 0.25) is 0 Å². The molecule has 1 fully saturated rings. The van der Waals surface area contributed by atoms with Crippen LogP contribution >= 0.6 is 0 Å². The van der Waals surface area contributed by atoms with Gasteiger partial charge in [-0.05, 0) is 30.4 Å². The molecule has 3 atom stereocenters. The molecule has 0 saturated heterocycles. The van der Waals surface area contributed by atoms with E-state index in [4.69, 9.17) is 4.42 Å². The Hall–Kier alpha value is -1.78. The van der Waals surface area contributed by atoms with Gasteiger partial charge in [0, 0.05) is 18.9 Å². The molecule has 2 amide bonds. The molecule has 0 spiro atoms. The lowest BCUT2D eigenvalue weighted by molar-refractivity contribution is -0.127. The van der Waals surface area contributed by atoms with Crippen LogP contribution in [-0.4, -0.2) is 17.9 Å². The van der Waals surface area contributed by atoms with E-state index in [-0.39, 0.29) is 30.7 Å². The Bertz CT molecular complexity index is 484. The smallest absolute Gasteiger partial charge is 0.220 e. The van der Waals surface area contributed by atoms with Crippen LogP contribution in [-0.2, 0) is 16.1 Å². The first-order valence-electron chi connectivity index (χ1n) is 8.14. The van der Waals surface area contributed by atoms with Gasteiger partial charge in [-0.1, -0.05) is 26.7 Å². The van der Waals surface area contributed by atoms with Gasteiger partial charge in [-0.3, -0.25) is 9.59 Å². The fourth-order valence-electron chi connectivity index (χ4n) is 2.98. The molecule has 1 saturated carbocycles. The highest BCUT2D eigenvalue weighted by molar-refractivity contribution is 5.83. The maximum Gasteiger partial charge on any atom is 0.220 e. The SMILES string of the molecule is C[C@@H]1[C@@H](C)CCC[C@H]1NC(=O)CCC(=O)NCc1ccco1. The van der Waals surface area contributed by atoms with Gasteiger partial charge in [0.25, 0.3) is 0 Å². The normalized spacial score (nSPS) is 24.7. The molecule has 0 aromatic carbocycles. The minimum atomic E-state index is -0.128. The monoisotopic (exact) mass is 306 g/mol. The van der Waals surface area contributed by atoms with Crippen molar-refractivity contribution in [1.82, 2.24) is 10.6 Å². The van der Waals surface area contributed by atoms with Crippen LogP contribution in [0.5, 0.6) is 0 Å². The summed E-state index contributed by atoms with van der Waals surface area (Å²) in [5.41, 5.74) is 0. The molecular weight excluding hydrogens is 280 g/mol. The predicted octanol–water partition coefficient (Wildman–Crippen LogP) is 2.62. The summed E-state index contributed by atoms with van der Waals surface area (Å²) in [6.45, 7) is 4.81. The van der Waals surface area contributed by atoms with E-state index in [1.54, 1.807) is 18.4 Å². The molecule has 0 aliphatic heterocycles. The van der Waals surface area contributed by atoms with Gasteiger partial charge in [-0.2, -0.15) is 0 Å². The van der Waals surface area contributed by atoms with Crippen LogP contribution in [0, 0.1) is 11.8 Å². The van der Waals surface area contributed by atoms with Crippen molar-refractivity contribution in [3.05, 3.63) is 24.2 Å². The van der Waals surface area contributed by atoms with Gasteiger partial charge in [0.1, 0.15) is 5.76 Å².